The minimum absolute atomic E-state index is 0.115. The number of hydrogen-bond donors (Lipinski definition) is 0. The molecule has 0 saturated heterocycles. The summed E-state index contributed by atoms with van der Waals surface area (Å²) in [4.78, 5) is -0.513. The van der Waals surface area contributed by atoms with Crippen LogP contribution < -0.4 is 0 Å². The lowest BCUT2D eigenvalue weighted by molar-refractivity contribution is 0.151. The van der Waals surface area contributed by atoms with Crippen LogP contribution in [-0.4, -0.2) is 8.42 Å². The van der Waals surface area contributed by atoms with Gasteiger partial charge in [0.05, 0.1) is 5.56 Å². The smallest absolute Gasteiger partial charge is 0.207 e. The van der Waals surface area contributed by atoms with Gasteiger partial charge in [0.2, 0.25) is 0 Å². The molecule has 3 nitrogen and oxygen atoms in total. The molecule has 1 aromatic rings. The van der Waals surface area contributed by atoms with Gasteiger partial charge >= 0.3 is 0 Å². The van der Waals surface area contributed by atoms with Crippen LogP contribution in [0.3, 0.4) is 0 Å². The molecule has 0 aliphatic rings. The molecule has 0 N–H and O–H groups in total. The predicted octanol–water partition coefficient (Wildman–Crippen LogP) is 3.16. The van der Waals surface area contributed by atoms with E-state index in [1.165, 1.54) is 6.07 Å². The van der Waals surface area contributed by atoms with Gasteiger partial charge in [-0.05, 0) is 17.7 Å². The molecule has 0 bridgehead atoms. The van der Waals surface area contributed by atoms with E-state index in [1.807, 2.05) is 0 Å². The minimum Gasteiger partial charge on any atom is -0.207 e. The highest BCUT2D eigenvalue weighted by Crippen LogP contribution is 2.30. The number of nitrogens with zero attached hydrogens (tertiary/aromatic N) is 1. The molecule has 0 atom stereocenters. The Morgan fingerprint density at radius 2 is 2.00 bits per heavy atom. The normalized spacial score (nSPS) is 11.5. The first-order valence-corrected chi connectivity index (χ1v) is 7.01. The zero-order valence-corrected chi connectivity index (χ0v) is 10.5. The van der Waals surface area contributed by atoms with Crippen molar-refractivity contribution in [3.05, 3.63) is 28.8 Å². The fraction of sp³-hybridized carbons (Fsp3) is 0.222. The molecular weight excluding hydrogens is 295 g/mol. The summed E-state index contributed by atoms with van der Waals surface area (Å²) in [5.74, 6) is -0.337. The molecule has 8 heteroatoms. The van der Waals surface area contributed by atoms with Crippen molar-refractivity contribution in [2.24, 2.45) is 0 Å². The number of alkyl halides is 3. The Morgan fingerprint density at radius 3 is 2.35 bits per heavy atom. The third kappa shape index (κ3) is 3.06. The summed E-state index contributed by atoms with van der Waals surface area (Å²) in [7, 11) is 0.923. The molecule has 0 fully saturated rings. The van der Waals surface area contributed by atoms with E-state index in [-0.39, 0.29) is 11.4 Å². The van der Waals surface area contributed by atoms with Crippen LogP contribution in [0.1, 0.15) is 23.1 Å². The SMILES string of the molecule is N#Cc1cc(C(F)F)cc(CCl)c1S(=O)(=O)Cl. The van der Waals surface area contributed by atoms with E-state index in [1.54, 1.807) is 0 Å². The molecule has 92 valence electrons. The number of halogens is 4. The summed E-state index contributed by atoms with van der Waals surface area (Å²) in [6, 6.07) is 3.23. The molecule has 0 unspecified atom stereocenters. The second-order valence-electron chi connectivity index (χ2n) is 3.04. The topological polar surface area (TPSA) is 57.9 Å². The fourth-order valence-electron chi connectivity index (χ4n) is 1.31. The van der Waals surface area contributed by atoms with Gasteiger partial charge < -0.3 is 0 Å². The van der Waals surface area contributed by atoms with Crippen molar-refractivity contribution in [2.75, 3.05) is 0 Å². The molecule has 1 rings (SSSR count). The van der Waals surface area contributed by atoms with Crippen LogP contribution in [0.15, 0.2) is 17.0 Å². The predicted molar refractivity (Wildman–Crippen MR) is 58.7 cm³/mol. The lowest BCUT2D eigenvalue weighted by Crippen LogP contribution is -2.03. The molecule has 0 aromatic heterocycles. The van der Waals surface area contributed by atoms with Crippen molar-refractivity contribution in [1.29, 1.82) is 5.26 Å². The van der Waals surface area contributed by atoms with E-state index in [2.05, 4.69) is 0 Å². The molecule has 17 heavy (non-hydrogen) atoms. The van der Waals surface area contributed by atoms with Crippen LogP contribution in [0.25, 0.3) is 0 Å². The Morgan fingerprint density at radius 1 is 1.41 bits per heavy atom. The van der Waals surface area contributed by atoms with Crippen LogP contribution in [0, 0.1) is 11.3 Å². The van der Waals surface area contributed by atoms with Crippen molar-refractivity contribution in [1.82, 2.24) is 0 Å². The van der Waals surface area contributed by atoms with Gasteiger partial charge in [0.15, 0.2) is 0 Å². The van der Waals surface area contributed by atoms with E-state index < -0.39 is 31.5 Å². The maximum Gasteiger partial charge on any atom is 0.263 e. The van der Waals surface area contributed by atoms with Crippen LogP contribution in [0.5, 0.6) is 0 Å². The van der Waals surface area contributed by atoms with E-state index in [9.17, 15) is 17.2 Å². The lowest BCUT2D eigenvalue weighted by atomic mass is 10.1. The Kier molecular flexibility index (Phi) is 4.31. The van der Waals surface area contributed by atoms with Gasteiger partial charge in [-0.25, -0.2) is 17.2 Å². The van der Waals surface area contributed by atoms with Crippen molar-refractivity contribution in [3.63, 3.8) is 0 Å². The third-order valence-corrected chi connectivity index (χ3v) is 3.67. The van der Waals surface area contributed by atoms with Gasteiger partial charge in [0, 0.05) is 22.1 Å². The maximum absolute atomic E-state index is 12.5. The summed E-state index contributed by atoms with van der Waals surface area (Å²) in [5, 5.41) is 8.75. The molecular formula is C9H5Cl2F2NO2S. The van der Waals surface area contributed by atoms with Crippen molar-refractivity contribution >= 4 is 31.3 Å². The highest BCUT2D eigenvalue weighted by atomic mass is 35.7. The Hall–Kier alpha value is -0.900. The minimum atomic E-state index is -4.21. The highest BCUT2D eigenvalue weighted by Gasteiger charge is 2.23. The average molecular weight is 300 g/mol. The maximum atomic E-state index is 12.5. The molecule has 0 heterocycles. The van der Waals surface area contributed by atoms with Gasteiger partial charge in [0.25, 0.3) is 15.5 Å². The van der Waals surface area contributed by atoms with E-state index in [0.29, 0.717) is 0 Å². The number of benzene rings is 1. The summed E-state index contributed by atoms with van der Waals surface area (Å²) >= 11 is 5.47. The second kappa shape index (κ2) is 5.17. The van der Waals surface area contributed by atoms with Gasteiger partial charge in [-0.2, -0.15) is 5.26 Å². The Bertz CT molecular complexity index is 581. The first-order valence-electron chi connectivity index (χ1n) is 4.17. The highest BCUT2D eigenvalue weighted by molar-refractivity contribution is 8.13. The van der Waals surface area contributed by atoms with Gasteiger partial charge in [-0.15, -0.1) is 11.6 Å². The molecule has 0 aliphatic heterocycles. The molecule has 0 aliphatic carbocycles. The van der Waals surface area contributed by atoms with Crippen molar-refractivity contribution in [3.8, 4) is 6.07 Å². The summed E-state index contributed by atoms with van der Waals surface area (Å²) in [6.45, 7) is 0. The third-order valence-electron chi connectivity index (χ3n) is 1.95. The summed E-state index contributed by atoms with van der Waals surface area (Å²) < 4.78 is 47.5. The van der Waals surface area contributed by atoms with Crippen molar-refractivity contribution in [2.45, 2.75) is 17.2 Å². The van der Waals surface area contributed by atoms with Crippen LogP contribution in [0.2, 0.25) is 0 Å². The first-order chi connectivity index (χ1) is 7.81. The quantitative estimate of drug-likeness (QED) is 0.636. The number of rotatable bonds is 3. The molecule has 0 radical (unpaired) electrons. The zero-order valence-electron chi connectivity index (χ0n) is 8.12. The molecule has 0 saturated carbocycles. The van der Waals surface area contributed by atoms with E-state index >= 15 is 0 Å². The van der Waals surface area contributed by atoms with Gasteiger partial charge in [-0.3, -0.25) is 0 Å². The molecule has 0 spiro atoms. The number of nitriles is 1. The monoisotopic (exact) mass is 299 g/mol. The summed E-state index contributed by atoms with van der Waals surface area (Å²) in [5.41, 5.74) is -1.02. The molecule has 1 aromatic carbocycles. The van der Waals surface area contributed by atoms with Crippen LogP contribution in [-0.2, 0) is 14.9 Å². The van der Waals surface area contributed by atoms with E-state index in [0.717, 1.165) is 12.1 Å². The Labute approximate surface area is 106 Å². The average Bonchev–Trinajstić information content (AvgIpc) is 2.25. The largest absolute Gasteiger partial charge is 0.263 e. The van der Waals surface area contributed by atoms with Crippen LogP contribution >= 0.6 is 22.3 Å². The first kappa shape index (κ1) is 14.2. The van der Waals surface area contributed by atoms with Gasteiger partial charge in [-0.1, -0.05) is 0 Å². The standard InChI is InChI=1S/C9H5Cl2F2NO2S/c10-3-6-1-5(9(12)13)2-7(4-14)8(6)17(11,15)16/h1-2,9H,3H2. The second-order valence-corrected chi connectivity index (χ2v) is 5.81. The van der Waals surface area contributed by atoms with E-state index in [4.69, 9.17) is 27.5 Å². The zero-order chi connectivity index (χ0) is 13.2. The lowest BCUT2D eigenvalue weighted by Gasteiger charge is -2.09. The van der Waals surface area contributed by atoms with Crippen LogP contribution in [0.4, 0.5) is 8.78 Å². The van der Waals surface area contributed by atoms with Gasteiger partial charge in [0.1, 0.15) is 11.0 Å². The Balaban J connectivity index is 3.67. The fourth-order valence-corrected chi connectivity index (χ4v) is 2.96. The molecule has 0 amide bonds. The van der Waals surface area contributed by atoms with Crippen molar-refractivity contribution < 1.29 is 17.2 Å². The number of hydrogen-bond acceptors (Lipinski definition) is 3. The summed E-state index contributed by atoms with van der Waals surface area (Å²) in [6.07, 6.45) is -2.82.